The second kappa shape index (κ2) is 8.23. The number of thioether (sulfide) groups is 1. The lowest BCUT2D eigenvalue weighted by molar-refractivity contribution is -0.386. The SMILES string of the molecule is CSCCCNCC(O)Cn1nc(C)c([N+](=O)[O-])c1C. The summed E-state index contributed by atoms with van der Waals surface area (Å²) < 4.78 is 1.50. The molecule has 0 aromatic carbocycles. The van der Waals surface area contributed by atoms with Crippen LogP contribution < -0.4 is 5.32 Å². The second-order valence-corrected chi connectivity index (χ2v) is 5.65. The van der Waals surface area contributed by atoms with Gasteiger partial charge in [0.25, 0.3) is 0 Å². The average Bonchev–Trinajstić information content (AvgIpc) is 2.64. The first-order valence-electron chi connectivity index (χ1n) is 6.53. The first-order valence-corrected chi connectivity index (χ1v) is 7.92. The van der Waals surface area contributed by atoms with Gasteiger partial charge in [0.2, 0.25) is 0 Å². The van der Waals surface area contributed by atoms with Crippen molar-refractivity contribution in [2.45, 2.75) is 32.9 Å². The fourth-order valence-electron chi connectivity index (χ4n) is 2.00. The van der Waals surface area contributed by atoms with Crippen LogP contribution in [0.25, 0.3) is 0 Å². The van der Waals surface area contributed by atoms with Crippen LogP contribution in [0.2, 0.25) is 0 Å². The van der Waals surface area contributed by atoms with Crippen molar-refractivity contribution in [2.24, 2.45) is 0 Å². The zero-order valence-corrected chi connectivity index (χ0v) is 12.9. The molecule has 8 heteroatoms. The van der Waals surface area contributed by atoms with Crippen LogP contribution >= 0.6 is 11.8 Å². The average molecular weight is 302 g/mol. The van der Waals surface area contributed by atoms with E-state index in [9.17, 15) is 15.2 Å². The standard InChI is InChI=1S/C12H22N4O3S/c1-9-12(16(18)19)10(2)15(14-9)8-11(17)7-13-5-4-6-20-3/h11,13,17H,4-8H2,1-3H3. The molecule has 1 heterocycles. The molecule has 1 aromatic rings. The molecular weight excluding hydrogens is 280 g/mol. The van der Waals surface area contributed by atoms with Gasteiger partial charge in [-0.3, -0.25) is 14.8 Å². The minimum Gasteiger partial charge on any atom is -0.390 e. The molecule has 7 nitrogen and oxygen atoms in total. The van der Waals surface area contributed by atoms with Crippen molar-refractivity contribution >= 4 is 17.4 Å². The summed E-state index contributed by atoms with van der Waals surface area (Å²) in [6.45, 7) is 4.83. The molecule has 0 aliphatic heterocycles. The summed E-state index contributed by atoms with van der Waals surface area (Å²) in [5.41, 5.74) is 0.895. The summed E-state index contributed by atoms with van der Waals surface area (Å²) in [6, 6.07) is 0. The quantitative estimate of drug-likeness (QED) is 0.403. The molecule has 1 rings (SSSR count). The maximum atomic E-state index is 10.9. The van der Waals surface area contributed by atoms with Crippen LogP contribution in [0.3, 0.4) is 0 Å². The first kappa shape index (κ1) is 16.9. The van der Waals surface area contributed by atoms with Gasteiger partial charge in [-0.25, -0.2) is 0 Å². The number of aliphatic hydroxyl groups excluding tert-OH is 1. The Morgan fingerprint density at radius 3 is 2.80 bits per heavy atom. The summed E-state index contributed by atoms with van der Waals surface area (Å²) in [6.07, 6.45) is 2.51. The molecule has 0 bridgehead atoms. The van der Waals surface area contributed by atoms with Gasteiger partial charge in [-0.15, -0.1) is 0 Å². The van der Waals surface area contributed by atoms with Crippen molar-refractivity contribution in [3.63, 3.8) is 0 Å². The third-order valence-electron chi connectivity index (χ3n) is 2.99. The number of aromatic nitrogens is 2. The number of aliphatic hydroxyl groups is 1. The predicted molar refractivity (Wildman–Crippen MR) is 80.2 cm³/mol. The van der Waals surface area contributed by atoms with Crippen molar-refractivity contribution in [1.82, 2.24) is 15.1 Å². The van der Waals surface area contributed by atoms with Gasteiger partial charge >= 0.3 is 5.69 Å². The van der Waals surface area contributed by atoms with Gasteiger partial charge in [0, 0.05) is 6.54 Å². The van der Waals surface area contributed by atoms with E-state index in [1.165, 1.54) is 4.68 Å². The minimum absolute atomic E-state index is 0.0325. The lowest BCUT2D eigenvalue weighted by Gasteiger charge is -2.12. The summed E-state index contributed by atoms with van der Waals surface area (Å²) in [5.74, 6) is 1.09. The van der Waals surface area contributed by atoms with E-state index in [0.29, 0.717) is 17.9 Å². The van der Waals surface area contributed by atoms with E-state index in [2.05, 4.69) is 16.7 Å². The van der Waals surface area contributed by atoms with Crippen LogP contribution in [0.1, 0.15) is 17.8 Å². The van der Waals surface area contributed by atoms with Crippen molar-refractivity contribution in [1.29, 1.82) is 0 Å². The van der Waals surface area contributed by atoms with Crippen molar-refractivity contribution in [3.05, 3.63) is 21.5 Å². The molecule has 0 saturated carbocycles. The molecule has 1 aromatic heterocycles. The number of nitrogens with zero attached hydrogens (tertiary/aromatic N) is 3. The van der Waals surface area contributed by atoms with Gasteiger partial charge in [0.1, 0.15) is 11.4 Å². The third-order valence-corrected chi connectivity index (χ3v) is 3.69. The van der Waals surface area contributed by atoms with E-state index in [4.69, 9.17) is 0 Å². The number of hydrogen-bond acceptors (Lipinski definition) is 6. The molecular formula is C12H22N4O3S. The minimum atomic E-state index is -0.609. The van der Waals surface area contributed by atoms with Gasteiger partial charge < -0.3 is 10.4 Å². The highest BCUT2D eigenvalue weighted by Crippen LogP contribution is 2.21. The van der Waals surface area contributed by atoms with Gasteiger partial charge in [0.15, 0.2) is 0 Å². The molecule has 0 amide bonds. The number of aryl methyl sites for hydroxylation is 1. The molecule has 1 unspecified atom stereocenters. The van der Waals surface area contributed by atoms with Crippen molar-refractivity contribution < 1.29 is 10.0 Å². The maximum absolute atomic E-state index is 10.9. The molecule has 0 radical (unpaired) electrons. The van der Waals surface area contributed by atoms with Crippen LogP contribution in [-0.4, -0.2) is 51.0 Å². The predicted octanol–water partition coefficient (Wildman–Crippen LogP) is 1.11. The topological polar surface area (TPSA) is 93.2 Å². The van der Waals surface area contributed by atoms with Crippen LogP contribution in [0.15, 0.2) is 0 Å². The number of rotatable bonds is 9. The molecule has 0 fully saturated rings. The second-order valence-electron chi connectivity index (χ2n) is 4.66. The van der Waals surface area contributed by atoms with Gasteiger partial charge in [0.05, 0.1) is 17.6 Å². The zero-order chi connectivity index (χ0) is 15.1. The molecule has 2 N–H and O–H groups in total. The highest BCUT2D eigenvalue weighted by molar-refractivity contribution is 7.98. The summed E-state index contributed by atoms with van der Waals surface area (Å²) >= 11 is 1.79. The Morgan fingerprint density at radius 2 is 2.25 bits per heavy atom. The number of nitro groups is 1. The Bertz CT molecular complexity index is 450. The Kier molecular flexibility index (Phi) is 6.97. The Labute approximate surface area is 122 Å². The van der Waals surface area contributed by atoms with E-state index in [1.807, 2.05) is 0 Å². The maximum Gasteiger partial charge on any atom is 0.312 e. The third kappa shape index (κ3) is 4.77. The fraction of sp³-hybridized carbons (Fsp3) is 0.750. The fourth-order valence-corrected chi connectivity index (χ4v) is 2.44. The van der Waals surface area contributed by atoms with E-state index in [0.717, 1.165) is 18.7 Å². The summed E-state index contributed by atoms with van der Waals surface area (Å²) in [7, 11) is 0. The Morgan fingerprint density at radius 1 is 1.55 bits per heavy atom. The van der Waals surface area contributed by atoms with Crippen LogP contribution in [-0.2, 0) is 6.54 Å². The van der Waals surface area contributed by atoms with Crippen LogP contribution in [0.5, 0.6) is 0 Å². The lowest BCUT2D eigenvalue weighted by atomic mass is 10.3. The largest absolute Gasteiger partial charge is 0.390 e. The molecule has 114 valence electrons. The van der Waals surface area contributed by atoms with Crippen molar-refractivity contribution in [3.8, 4) is 0 Å². The van der Waals surface area contributed by atoms with Gasteiger partial charge in [-0.2, -0.15) is 16.9 Å². The van der Waals surface area contributed by atoms with Gasteiger partial charge in [-0.1, -0.05) is 0 Å². The zero-order valence-electron chi connectivity index (χ0n) is 12.1. The van der Waals surface area contributed by atoms with E-state index in [1.54, 1.807) is 25.6 Å². The highest BCUT2D eigenvalue weighted by Gasteiger charge is 2.22. The Hall–Kier alpha value is -1.12. The van der Waals surface area contributed by atoms with Crippen molar-refractivity contribution in [2.75, 3.05) is 25.1 Å². The van der Waals surface area contributed by atoms with Crippen LogP contribution in [0.4, 0.5) is 5.69 Å². The molecule has 20 heavy (non-hydrogen) atoms. The first-order chi connectivity index (χ1) is 9.47. The molecule has 1 atom stereocenters. The Balaban J connectivity index is 2.48. The molecule has 0 aliphatic rings. The van der Waals surface area contributed by atoms with E-state index in [-0.39, 0.29) is 12.2 Å². The summed E-state index contributed by atoms with van der Waals surface area (Å²) in [4.78, 5) is 10.5. The lowest BCUT2D eigenvalue weighted by Crippen LogP contribution is -2.31. The smallest absolute Gasteiger partial charge is 0.312 e. The van der Waals surface area contributed by atoms with Crippen LogP contribution in [0, 0.1) is 24.0 Å². The molecule has 0 saturated heterocycles. The van der Waals surface area contributed by atoms with Gasteiger partial charge in [-0.05, 0) is 38.8 Å². The highest BCUT2D eigenvalue weighted by atomic mass is 32.2. The number of nitrogens with one attached hydrogen (secondary N) is 1. The van der Waals surface area contributed by atoms with E-state index >= 15 is 0 Å². The van der Waals surface area contributed by atoms with E-state index < -0.39 is 11.0 Å². The summed E-state index contributed by atoms with van der Waals surface area (Å²) in [5, 5.41) is 28.1. The number of hydrogen-bond donors (Lipinski definition) is 2. The monoisotopic (exact) mass is 302 g/mol. The molecule has 0 aliphatic carbocycles. The molecule has 0 spiro atoms. The normalized spacial score (nSPS) is 12.6.